The molecule has 0 bridgehead atoms. The molecule has 0 aliphatic carbocycles. The first-order valence-electron chi connectivity index (χ1n) is 6.68. The maximum atomic E-state index is 12.4. The second-order valence-corrected chi connectivity index (χ2v) is 5.65. The van der Waals surface area contributed by atoms with Crippen molar-refractivity contribution in [2.75, 3.05) is 12.4 Å². The van der Waals surface area contributed by atoms with Crippen LogP contribution >= 0.6 is 0 Å². The lowest BCUT2D eigenvalue weighted by Gasteiger charge is -2.31. The summed E-state index contributed by atoms with van der Waals surface area (Å²) in [5.74, 6) is -1.46. The molecule has 2 amide bonds. The van der Waals surface area contributed by atoms with Crippen molar-refractivity contribution in [3.05, 3.63) is 29.3 Å². The predicted octanol–water partition coefficient (Wildman–Crippen LogP) is 1.51. The summed E-state index contributed by atoms with van der Waals surface area (Å²) in [6.07, 6.45) is 0.968. The van der Waals surface area contributed by atoms with E-state index in [4.69, 9.17) is 0 Å². The first kappa shape index (κ1) is 15.0. The van der Waals surface area contributed by atoms with Crippen LogP contribution in [0.4, 0.5) is 5.69 Å². The van der Waals surface area contributed by atoms with E-state index in [0.717, 1.165) is 5.56 Å². The molecule has 0 saturated heterocycles. The van der Waals surface area contributed by atoms with Crippen LogP contribution < -0.4 is 5.32 Å². The number of nitrogens with one attached hydrogen (secondary N) is 1. The number of carboxylic acids is 1. The third-order valence-corrected chi connectivity index (χ3v) is 3.91. The van der Waals surface area contributed by atoms with E-state index >= 15 is 0 Å². The second-order valence-electron chi connectivity index (χ2n) is 5.65. The maximum Gasteiger partial charge on any atom is 0.329 e. The van der Waals surface area contributed by atoms with Gasteiger partial charge in [-0.05, 0) is 44.0 Å². The van der Waals surface area contributed by atoms with Gasteiger partial charge in [-0.3, -0.25) is 9.59 Å². The number of amides is 2. The zero-order valence-electron chi connectivity index (χ0n) is 12.3. The highest BCUT2D eigenvalue weighted by Crippen LogP contribution is 2.25. The van der Waals surface area contributed by atoms with Crippen LogP contribution in [0.1, 0.15) is 36.2 Å². The second kappa shape index (κ2) is 5.20. The third-order valence-electron chi connectivity index (χ3n) is 3.91. The number of aryl methyl sites for hydroxylation is 1. The number of anilines is 1. The molecule has 0 aromatic heterocycles. The highest BCUT2D eigenvalue weighted by molar-refractivity contribution is 5.99. The molecule has 0 saturated carbocycles. The predicted molar refractivity (Wildman–Crippen MR) is 77.2 cm³/mol. The monoisotopic (exact) mass is 290 g/mol. The van der Waals surface area contributed by atoms with Gasteiger partial charge < -0.3 is 15.3 Å². The number of hydrogen-bond donors (Lipinski definition) is 2. The van der Waals surface area contributed by atoms with Crippen molar-refractivity contribution in [3.63, 3.8) is 0 Å². The number of nitrogens with zero attached hydrogens (tertiary/aromatic N) is 1. The van der Waals surface area contributed by atoms with Gasteiger partial charge in [0.25, 0.3) is 5.91 Å². The SMILES string of the molecule is CN(C(=O)c1ccc2c(c1)CCC(=O)N2)C(C)(C)C(=O)O. The van der Waals surface area contributed by atoms with Crippen molar-refractivity contribution >= 4 is 23.5 Å². The Hall–Kier alpha value is -2.37. The number of likely N-dealkylation sites (N-methyl/N-ethyl adjacent to an activating group) is 1. The van der Waals surface area contributed by atoms with Gasteiger partial charge in [0.1, 0.15) is 5.54 Å². The molecule has 6 nitrogen and oxygen atoms in total. The summed E-state index contributed by atoms with van der Waals surface area (Å²) < 4.78 is 0. The smallest absolute Gasteiger partial charge is 0.329 e. The van der Waals surface area contributed by atoms with Gasteiger partial charge in [0, 0.05) is 24.7 Å². The summed E-state index contributed by atoms with van der Waals surface area (Å²) in [6.45, 7) is 2.96. The Morgan fingerprint density at radius 2 is 1.95 bits per heavy atom. The zero-order valence-corrected chi connectivity index (χ0v) is 12.3. The fraction of sp³-hybridized carbons (Fsp3) is 0.400. The van der Waals surface area contributed by atoms with Crippen LogP contribution in [0.15, 0.2) is 18.2 Å². The minimum atomic E-state index is -1.29. The van der Waals surface area contributed by atoms with E-state index in [-0.39, 0.29) is 11.8 Å². The van der Waals surface area contributed by atoms with E-state index in [2.05, 4.69) is 5.32 Å². The molecule has 1 aromatic carbocycles. The highest BCUT2D eigenvalue weighted by Gasteiger charge is 2.35. The average molecular weight is 290 g/mol. The Kier molecular flexibility index (Phi) is 3.72. The molecular weight excluding hydrogens is 272 g/mol. The van der Waals surface area contributed by atoms with Crippen LogP contribution in [-0.2, 0) is 16.0 Å². The summed E-state index contributed by atoms with van der Waals surface area (Å²) in [5, 5.41) is 11.9. The first-order chi connectivity index (χ1) is 9.73. The minimum absolute atomic E-state index is 0.0364. The van der Waals surface area contributed by atoms with Crippen LogP contribution in [0, 0.1) is 0 Å². The Balaban J connectivity index is 2.29. The van der Waals surface area contributed by atoms with E-state index in [9.17, 15) is 19.5 Å². The maximum absolute atomic E-state index is 12.4. The zero-order chi connectivity index (χ0) is 15.8. The lowest BCUT2D eigenvalue weighted by molar-refractivity contribution is -0.147. The average Bonchev–Trinajstić information content (AvgIpc) is 2.44. The number of carboxylic acid groups (broad SMARTS) is 1. The van der Waals surface area contributed by atoms with Gasteiger partial charge in [-0.15, -0.1) is 0 Å². The molecule has 0 radical (unpaired) electrons. The van der Waals surface area contributed by atoms with Crippen LogP contribution in [-0.4, -0.2) is 40.4 Å². The number of carbonyl (C=O) groups excluding carboxylic acids is 2. The number of benzene rings is 1. The Morgan fingerprint density at radius 3 is 2.57 bits per heavy atom. The van der Waals surface area contributed by atoms with Gasteiger partial charge >= 0.3 is 5.97 Å². The normalized spacial score (nSPS) is 14.1. The molecule has 1 heterocycles. The molecule has 0 atom stereocenters. The fourth-order valence-electron chi connectivity index (χ4n) is 2.11. The fourth-order valence-corrected chi connectivity index (χ4v) is 2.11. The summed E-state index contributed by atoms with van der Waals surface area (Å²) in [6, 6.07) is 4.99. The van der Waals surface area contributed by atoms with E-state index < -0.39 is 11.5 Å². The van der Waals surface area contributed by atoms with Gasteiger partial charge in [-0.2, -0.15) is 0 Å². The Bertz CT molecular complexity index is 622. The molecule has 1 aliphatic rings. The van der Waals surface area contributed by atoms with Crippen LogP contribution in [0.3, 0.4) is 0 Å². The van der Waals surface area contributed by atoms with Gasteiger partial charge in [-0.25, -0.2) is 4.79 Å². The summed E-state index contributed by atoms with van der Waals surface area (Å²) in [5.41, 5.74) is 0.730. The van der Waals surface area contributed by atoms with Gasteiger partial charge in [0.15, 0.2) is 0 Å². The summed E-state index contributed by atoms with van der Waals surface area (Å²) >= 11 is 0. The Labute approximate surface area is 122 Å². The topological polar surface area (TPSA) is 86.7 Å². The quantitative estimate of drug-likeness (QED) is 0.883. The van der Waals surface area contributed by atoms with Crippen molar-refractivity contribution in [2.24, 2.45) is 0 Å². The molecule has 1 aromatic rings. The molecule has 1 aliphatic heterocycles. The van der Waals surface area contributed by atoms with E-state index in [1.165, 1.54) is 25.8 Å². The van der Waals surface area contributed by atoms with Crippen molar-refractivity contribution in [2.45, 2.75) is 32.2 Å². The Morgan fingerprint density at radius 1 is 1.29 bits per heavy atom. The molecule has 112 valence electrons. The molecule has 0 spiro atoms. The van der Waals surface area contributed by atoms with Crippen LogP contribution in [0.2, 0.25) is 0 Å². The summed E-state index contributed by atoms with van der Waals surface area (Å²) in [4.78, 5) is 36.2. The van der Waals surface area contributed by atoms with Crippen molar-refractivity contribution in [3.8, 4) is 0 Å². The third kappa shape index (κ3) is 2.74. The number of fused-ring (bicyclic) bond motifs is 1. The summed E-state index contributed by atoms with van der Waals surface area (Å²) in [7, 11) is 1.47. The standard InChI is InChI=1S/C15H18N2O4/c1-15(2,14(20)21)17(3)13(19)10-4-6-11-9(8-10)5-7-12(18)16-11/h4,6,8H,5,7H2,1-3H3,(H,16,18)(H,20,21). The lowest BCUT2D eigenvalue weighted by Crippen LogP contribution is -2.50. The molecule has 2 rings (SSSR count). The highest BCUT2D eigenvalue weighted by atomic mass is 16.4. The van der Waals surface area contributed by atoms with Crippen molar-refractivity contribution < 1.29 is 19.5 Å². The minimum Gasteiger partial charge on any atom is -0.480 e. The van der Waals surface area contributed by atoms with Gasteiger partial charge in [0.05, 0.1) is 0 Å². The lowest BCUT2D eigenvalue weighted by atomic mass is 9.98. The largest absolute Gasteiger partial charge is 0.480 e. The number of carbonyl (C=O) groups is 3. The number of rotatable bonds is 3. The van der Waals surface area contributed by atoms with Gasteiger partial charge in [0.2, 0.25) is 5.91 Å². The van der Waals surface area contributed by atoms with Crippen LogP contribution in [0.25, 0.3) is 0 Å². The molecule has 0 unspecified atom stereocenters. The van der Waals surface area contributed by atoms with E-state index in [0.29, 0.717) is 24.1 Å². The first-order valence-corrected chi connectivity index (χ1v) is 6.68. The number of aliphatic carboxylic acids is 1. The van der Waals surface area contributed by atoms with E-state index in [1.807, 2.05) is 0 Å². The van der Waals surface area contributed by atoms with Crippen molar-refractivity contribution in [1.29, 1.82) is 0 Å². The molecule has 2 N–H and O–H groups in total. The van der Waals surface area contributed by atoms with Crippen molar-refractivity contribution in [1.82, 2.24) is 4.90 Å². The molecular formula is C15H18N2O4. The van der Waals surface area contributed by atoms with Gasteiger partial charge in [-0.1, -0.05) is 0 Å². The van der Waals surface area contributed by atoms with E-state index in [1.54, 1.807) is 18.2 Å². The molecule has 0 fully saturated rings. The molecule has 6 heteroatoms. The number of hydrogen-bond acceptors (Lipinski definition) is 3. The van der Waals surface area contributed by atoms with Crippen LogP contribution in [0.5, 0.6) is 0 Å². The molecule has 21 heavy (non-hydrogen) atoms.